The highest BCUT2D eigenvalue weighted by Gasteiger charge is 2.29. The largest absolute Gasteiger partial charge is 0.369 e. The molecule has 2 aromatic rings. The molecule has 1 aliphatic heterocycles. The summed E-state index contributed by atoms with van der Waals surface area (Å²) in [5.74, 6) is -4.10. The molecule has 0 unspecified atom stereocenters. The van der Waals surface area contributed by atoms with Gasteiger partial charge in [0.1, 0.15) is 5.69 Å². The number of anilines is 1. The van der Waals surface area contributed by atoms with Crippen LogP contribution in [0.5, 0.6) is 0 Å². The molecule has 1 aliphatic rings. The molecule has 2 N–H and O–H groups in total. The predicted octanol–water partition coefficient (Wildman–Crippen LogP) is 4.02. The molecule has 3 nitrogen and oxygen atoms in total. The van der Waals surface area contributed by atoms with E-state index < -0.39 is 34.5 Å². The minimum Gasteiger partial charge on any atom is -0.369 e. The first kappa shape index (κ1) is 16.6. The topological polar surface area (TPSA) is 40.2 Å². The Labute approximate surface area is 140 Å². The maximum atomic E-state index is 14.6. The van der Waals surface area contributed by atoms with Crippen LogP contribution in [0.1, 0.15) is 11.3 Å². The van der Waals surface area contributed by atoms with Crippen molar-refractivity contribution in [2.24, 2.45) is 4.99 Å². The van der Waals surface area contributed by atoms with E-state index in [1.165, 1.54) is 24.6 Å². The molecular weight excluding hydrogens is 334 g/mol. The zero-order valence-corrected chi connectivity index (χ0v) is 12.7. The van der Waals surface area contributed by atoms with Gasteiger partial charge in [0.15, 0.2) is 23.3 Å². The van der Waals surface area contributed by atoms with E-state index in [4.69, 9.17) is 6.42 Å². The number of hydrogen-bond acceptors (Lipinski definition) is 2. The molecule has 1 aromatic heterocycles. The Morgan fingerprint density at radius 2 is 1.88 bits per heavy atom. The number of aliphatic imine (C=N–C) groups is 1. The van der Waals surface area contributed by atoms with Crippen LogP contribution in [0.3, 0.4) is 0 Å². The van der Waals surface area contributed by atoms with Crippen molar-refractivity contribution in [2.45, 2.75) is 0 Å². The maximum Gasteiger partial charge on any atom is 0.185 e. The number of halogens is 4. The van der Waals surface area contributed by atoms with Crippen LogP contribution in [-0.2, 0) is 0 Å². The minimum absolute atomic E-state index is 0.0914. The van der Waals surface area contributed by atoms with Gasteiger partial charge in [-0.25, -0.2) is 17.6 Å². The zero-order valence-electron chi connectivity index (χ0n) is 12.7. The van der Waals surface area contributed by atoms with Crippen LogP contribution in [-0.4, -0.2) is 17.7 Å². The van der Waals surface area contributed by atoms with E-state index in [-0.39, 0.29) is 23.5 Å². The summed E-state index contributed by atoms with van der Waals surface area (Å²) in [6.45, 7) is -0.288. The maximum absolute atomic E-state index is 14.6. The summed E-state index contributed by atoms with van der Waals surface area (Å²) in [6, 6.07) is 3.10. The van der Waals surface area contributed by atoms with Gasteiger partial charge in [0.2, 0.25) is 0 Å². The summed E-state index contributed by atoms with van der Waals surface area (Å²) in [5, 5.41) is 2.15. The number of H-pyrrole nitrogens is 1. The number of nitrogens with zero attached hydrogens (tertiary/aromatic N) is 1. The highest BCUT2D eigenvalue weighted by Crippen LogP contribution is 2.37. The molecule has 0 fully saturated rings. The lowest BCUT2D eigenvalue weighted by atomic mass is 9.98. The number of nitrogens with one attached hydrogen (secondary N) is 2. The SMILES string of the molecule is C#CCNc1c(F)c(F)c(/C(=C2\C=CC=N2)c2ccc[nH]2)c(F)c1F. The third-order valence-corrected chi connectivity index (χ3v) is 3.56. The molecular formula is C18H11F4N3. The average Bonchev–Trinajstić information content (AvgIpc) is 3.31. The quantitative estimate of drug-likeness (QED) is 0.490. The number of aromatic amines is 1. The van der Waals surface area contributed by atoms with Crippen molar-refractivity contribution in [3.8, 4) is 12.3 Å². The number of allylic oxidation sites excluding steroid dienone is 2. The van der Waals surface area contributed by atoms with Crippen LogP contribution in [0.25, 0.3) is 5.57 Å². The lowest BCUT2D eigenvalue weighted by molar-refractivity contribution is 0.455. The van der Waals surface area contributed by atoms with Gasteiger partial charge in [0.25, 0.3) is 0 Å². The summed E-state index contributed by atoms with van der Waals surface area (Å²) in [7, 11) is 0. The van der Waals surface area contributed by atoms with E-state index in [9.17, 15) is 17.6 Å². The van der Waals surface area contributed by atoms with Crippen LogP contribution >= 0.6 is 0 Å². The summed E-state index contributed by atoms with van der Waals surface area (Å²) in [5.41, 5.74) is -1.45. The van der Waals surface area contributed by atoms with Crippen molar-refractivity contribution in [1.29, 1.82) is 0 Å². The summed E-state index contributed by atoms with van der Waals surface area (Å²) < 4.78 is 57.9. The Morgan fingerprint density at radius 1 is 1.16 bits per heavy atom. The molecule has 126 valence electrons. The van der Waals surface area contributed by atoms with E-state index in [2.05, 4.69) is 21.2 Å². The fourth-order valence-electron chi connectivity index (χ4n) is 2.48. The van der Waals surface area contributed by atoms with Crippen molar-refractivity contribution >= 4 is 17.5 Å². The number of benzene rings is 1. The van der Waals surface area contributed by atoms with Crippen molar-refractivity contribution in [3.05, 3.63) is 70.7 Å². The minimum atomic E-state index is -1.56. The molecule has 25 heavy (non-hydrogen) atoms. The van der Waals surface area contributed by atoms with Crippen molar-refractivity contribution in [1.82, 2.24) is 4.98 Å². The smallest absolute Gasteiger partial charge is 0.185 e. The zero-order chi connectivity index (χ0) is 18.0. The van der Waals surface area contributed by atoms with Gasteiger partial charge in [-0.2, -0.15) is 0 Å². The third kappa shape index (κ3) is 2.83. The molecule has 0 amide bonds. The standard InChI is InChI=1S/C18H11F4N3/c1-2-7-25-18-16(21)14(19)13(15(20)17(18)22)12(10-5-3-8-23-10)11-6-4-9-24-11/h1,3-6,8-9,23,25H,7H2/b12-11+. The molecule has 3 rings (SSSR count). The van der Waals surface area contributed by atoms with E-state index >= 15 is 0 Å². The molecule has 1 aromatic carbocycles. The van der Waals surface area contributed by atoms with Gasteiger partial charge in [-0.3, -0.25) is 4.99 Å². The summed E-state index contributed by atoms with van der Waals surface area (Å²) >= 11 is 0. The van der Waals surface area contributed by atoms with E-state index in [0.29, 0.717) is 0 Å². The molecule has 0 saturated carbocycles. The predicted molar refractivity (Wildman–Crippen MR) is 88.0 cm³/mol. The van der Waals surface area contributed by atoms with Crippen molar-refractivity contribution in [2.75, 3.05) is 11.9 Å². The van der Waals surface area contributed by atoms with Crippen LogP contribution in [0.4, 0.5) is 23.2 Å². The van der Waals surface area contributed by atoms with Crippen LogP contribution in [0, 0.1) is 35.6 Å². The second kappa shape index (κ2) is 6.69. The fraction of sp³-hybridized carbons (Fsp3) is 0.0556. The lowest BCUT2D eigenvalue weighted by Gasteiger charge is -2.15. The Morgan fingerprint density at radius 3 is 2.40 bits per heavy atom. The highest BCUT2D eigenvalue weighted by molar-refractivity contribution is 5.88. The Kier molecular flexibility index (Phi) is 4.44. The van der Waals surface area contributed by atoms with Gasteiger partial charge in [-0.05, 0) is 24.3 Å². The Hall–Kier alpha value is -3.27. The normalized spacial score (nSPS) is 14.7. The van der Waals surface area contributed by atoms with Gasteiger partial charge in [-0.15, -0.1) is 6.42 Å². The van der Waals surface area contributed by atoms with E-state index in [1.807, 2.05) is 0 Å². The van der Waals surface area contributed by atoms with Crippen molar-refractivity contribution in [3.63, 3.8) is 0 Å². The Balaban J connectivity index is 2.29. The summed E-state index contributed by atoms with van der Waals surface area (Å²) in [6.07, 6.45) is 10.9. The number of terminal acetylenes is 1. The molecule has 0 atom stereocenters. The Bertz CT molecular complexity index is 905. The van der Waals surface area contributed by atoms with Gasteiger partial charge in [0, 0.05) is 23.7 Å². The van der Waals surface area contributed by atoms with Gasteiger partial charge in [-0.1, -0.05) is 5.92 Å². The third-order valence-electron chi connectivity index (χ3n) is 3.56. The monoisotopic (exact) mass is 345 g/mol. The molecule has 2 heterocycles. The highest BCUT2D eigenvalue weighted by atomic mass is 19.2. The second-order valence-corrected chi connectivity index (χ2v) is 5.04. The molecule has 0 spiro atoms. The lowest BCUT2D eigenvalue weighted by Crippen LogP contribution is -2.11. The molecule has 7 heteroatoms. The number of aromatic nitrogens is 1. The first-order valence-corrected chi connectivity index (χ1v) is 7.18. The number of hydrogen-bond donors (Lipinski definition) is 2. The molecule has 0 radical (unpaired) electrons. The molecule has 0 saturated heterocycles. The first-order chi connectivity index (χ1) is 12.1. The fourth-order valence-corrected chi connectivity index (χ4v) is 2.48. The molecule has 0 aliphatic carbocycles. The van der Waals surface area contributed by atoms with E-state index in [0.717, 1.165) is 0 Å². The molecule has 0 bridgehead atoms. The second-order valence-electron chi connectivity index (χ2n) is 5.04. The van der Waals surface area contributed by atoms with Crippen LogP contribution < -0.4 is 5.32 Å². The van der Waals surface area contributed by atoms with Crippen molar-refractivity contribution < 1.29 is 17.6 Å². The van der Waals surface area contributed by atoms with Crippen LogP contribution in [0.15, 0.2) is 41.2 Å². The summed E-state index contributed by atoms with van der Waals surface area (Å²) in [4.78, 5) is 6.75. The van der Waals surface area contributed by atoms with E-state index in [1.54, 1.807) is 12.1 Å². The van der Waals surface area contributed by atoms with Gasteiger partial charge >= 0.3 is 0 Å². The van der Waals surface area contributed by atoms with Crippen LogP contribution in [0.2, 0.25) is 0 Å². The van der Waals surface area contributed by atoms with Gasteiger partial charge < -0.3 is 10.3 Å². The number of rotatable bonds is 4. The first-order valence-electron chi connectivity index (χ1n) is 7.18. The van der Waals surface area contributed by atoms with Gasteiger partial charge in [0.05, 0.1) is 17.8 Å². The average molecular weight is 345 g/mol.